The summed E-state index contributed by atoms with van der Waals surface area (Å²) in [6.07, 6.45) is 2.43. The number of alkyl halides is 3. The maximum absolute atomic E-state index is 13.0. The third kappa shape index (κ3) is 4.51. The van der Waals surface area contributed by atoms with Crippen LogP contribution in [-0.4, -0.2) is 45.6 Å². The molecule has 3 aliphatic rings. The van der Waals surface area contributed by atoms with Gasteiger partial charge < -0.3 is 24.4 Å². The molecule has 3 fully saturated rings. The van der Waals surface area contributed by atoms with Crippen LogP contribution in [0.25, 0.3) is 11.1 Å². The molecule has 3 aromatic rings. The summed E-state index contributed by atoms with van der Waals surface area (Å²) >= 11 is 0. The van der Waals surface area contributed by atoms with E-state index >= 15 is 0 Å². The Kier molecular flexibility index (Phi) is 5.41. The maximum Gasteiger partial charge on any atom is 0.410 e. The molecule has 0 spiro atoms. The fourth-order valence-corrected chi connectivity index (χ4v) is 5.11. The predicted molar refractivity (Wildman–Crippen MR) is 118 cm³/mol. The summed E-state index contributed by atoms with van der Waals surface area (Å²) < 4.78 is 50.2. The van der Waals surface area contributed by atoms with Crippen molar-refractivity contribution in [3.05, 3.63) is 48.0 Å². The molecule has 2 N–H and O–H groups in total. The quantitative estimate of drug-likeness (QED) is 0.477. The molecule has 0 bridgehead atoms. The average molecular weight is 503 g/mol. The number of carbonyl (C=O) groups is 2. The topological polar surface area (TPSA) is 114 Å². The van der Waals surface area contributed by atoms with E-state index in [0.29, 0.717) is 34.4 Å². The molecule has 3 amide bonds. The van der Waals surface area contributed by atoms with Crippen molar-refractivity contribution in [1.82, 2.24) is 25.5 Å². The number of carbonyl (C=O) groups excluding carboxylic acids is 2. The summed E-state index contributed by atoms with van der Waals surface area (Å²) in [5.74, 6) is 1.25. The minimum atomic E-state index is -4.50. The first-order chi connectivity index (χ1) is 17.3. The largest absolute Gasteiger partial charge is 0.438 e. The van der Waals surface area contributed by atoms with Crippen LogP contribution in [0.3, 0.4) is 0 Å². The highest BCUT2D eigenvalue weighted by Crippen LogP contribution is 2.54. The van der Waals surface area contributed by atoms with Gasteiger partial charge in [0.15, 0.2) is 12.0 Å². The van der Waals surface area contributed by atoms with Gasteiger partial charge >= 0.3 is 12.2 Å². The number of benzene rings is 1. The van der Waals surface area contributed by atoms with Gasteiger partial charge in [-0.15, -0.1) is 0 Å². The lowest BCUT2D eigenvalue weighted by Gasteiger charge is -2.25. The predicted octanol–water partition coefficient (Wildman–Crippen LogP) is 4.18. The van der Waals surface area contributed by atoms with Crippen molar-refractivity contribution in [1.29, 1.82) is 0 Å². The number of oxazole rings is 2. The molecule has 36 heavy (non-hydrogen) atoms. The van der Waals surface area contributed by atoms with E-state index in [1.54, 1.807) is 18.2 Å². The molecule has 2 atom stereocenters. The first-order valence-electron chi connectivity index (χ1n) is 12.0. The lowest BCUT2D eigenvalue weighted by Crippen LogP contribution is -2.40. The molecule has 2 aliphatic carbocycles. The van der Waals surface area contributed by atoms with Crippen molar-refractivity contribution in [2.24, 2.45) is 17.8 Å². The first kappa shape index (κ1) is 22.9. The Morgan fingerprint density at radius 2 is 1.97 bits per heavy atom. The van der Waals surface area contributed by atoms with Crippen molar-refractivity contribution in [3.63, 3.8) is 0 Å². The van der Waals surface area contributed by atoms with Gasteiger partial charge in [-0.1, -0.05) is 6.07 Å². The van der Waals surface area contributed by atoms with Crippen LogP contribution in [0.15, 0.2) is 39.6 Å². The number of hydrogen-bond acceptors (Lipinski definition) is 6. The molecular weight excluding hydrogens is 479 g/mol. The fourth-order valence-electron chi connectivity index (χ4n) is 5.11. The van der Waals surface area contributed by atoms with Crippen LogP contribution in [-0.2, 0) is 6.54 Å². The van der Waals surface area contributed by atoms with Crippen LogP contribution in [0.5, 0.6) is 0 Å². The van der Waals surface area contributed by atoms with Crippen molar-refractivity contribution < 1.29 is 31.6 Å². The number of aromatic nitrogens is 2. The highest BCUT2D eigenvalue weighted by atomic mass is 19.4. The normalized spacial score (nSPS) is 21.3. The van der Waals surface area contributed by atoms with Gasteiger partial charge in [-0.05, 0) is 61.1 Å². The summed E-state index contributed by atoms with van der Waals surface area (Å²) in [7, 11) is 0. The molecule has 2 unspecified atom stereocenters. The second kappa shape index (κ2) is 8.52. The smallest absolute Gasteiger partial charge is 0.410 e. The first-order valence-corrected chi connectivity index (χ1v) is 12.0. The molecule has 1 saturated heterocycles. The van der Waals surface area contributed by atoms with Crippen LogP contribution in [0.1, 0.15) is 53.7 Å². The van der Waals surface area contributed by atoms with E-state index in [2.05, 4.69) is 15.3 Å². The van der Waals surface area contributed by atoms with Gasteiger partial charge in [0.2, 0.25) is 11.7 Å². The average Bonchev–Trinajstić information content (AvgIpc) is 3.70. The third-order valence-corrected chi connectivity index (χ3v) is 7.15. The summed E-state index contributed by atoms with van der Waals surface area (Å²) in [5, 5.41) is 5.01. The zero-order valence-electron chi connectivity index (χ0n) is 19.1. The van der Waals surface area contributed by atoms with Gasteiger partial charge in [0.25, 0.3) is 5.91 Å². The van der Waals surface area contributed by atoms with Crippen molar-refractivity contribution >= 4 is 23.0 Å². The molecule has 190 valence electrons. The molecular formula is C24H24F3N5O4. The van der Waals surface area contributed by atoms with Gasteiger partial charge in [0.05, 0.1) is 12.7 Å². The van der Waals surface area contributed by atoms with Gasteiger partial charge in [0, 0.05) is 6.54 Å². The SMILES string of the molecule is O=C(NC(c1nc2cc(CN3CC(C(F)(F)F)NC3=O)ccc2o1)C(C1CC1)C1CC1)c1cnco1. The highest BCUT2D eigenvalue weighted by Gasteiger charge is 2.48. The number of urea groups is 1. The van der Waals surface area contributed by atoms with Gasteiger partial charge in [0.1, 0.15) is 17.6 Å². The minimum absolute atomic E-state index is 0.00891. The minimum Gasteiger partial charge on any atom is -0.438 e. The molecule has 12 heteroatoms. The number of hydrogen-bond donors (Lipinski definition) is 2. The Morgan fingerprint density at radius 1 is 1.22 bits per heavy atom. The van der Waals surface area contributed by atoms with Crippen molar-refractivity contribution in [2.45, 2.75) is 50.5 Å². The summed E-state index contributed by atoms with van der Waals surface area (Å²) in [5.41, 5.74) is 1.64. The van der Waals surface area contributed by atoms with E-state index in [4.69, 9.17) is 8.83 Å². The number of fused-ring (bicyclic) bond motifs is 1. The lowest BCUT2D eigenvalue weighted by atomic mass is 9.89. The van der Waals surface area contributed by atoms with E-state index in [1.807, 2.05) is 5.32 Å². The standard InChI is InChI=1S/C24H24F3N5O4/c25-24(26,27)18-10-32(23(34)30-18)9-12-1-6-16-15(7-12)29-22(36-16)20(19(13-2-3-13)14-4-5-14)31-21(33)17-8-28-11-35-17/h1,6-8,11,13-14,18-20H,2-5,9-10H2,(H,30,34)(H,31,33). The van der Waals surface area contributed by atoms with Gasteiger partial charge in [-0.25, -0.2) is 14.8 Å². The molecule has 6 rings (SSSR count). The van der Waals surface area contributed by atoms with E-state index in [1.165, 1.54) is 12.6 Å². The third-order valence-electron chi connectivity index (χ3n) is 7.15. The van der Waals surface area contributed by atoms with Crippen LogP contribution >= 0.6 is 0 Å². The Hall–Kier alpha value is -3.57. The summed E-state index contributed by atoms with van der Waals surface area (Å²) in [6, 6.07) is 2.00. The van der Waals surface area contributed by atoms with Crippen molar-refractivity contribution in [2.75, 3.05) is 6.54 Å². The van der Waals surface area contributed by atoms with E-state index in [0.717, 1.165) is 30.6 Å². The maximum atomic E-state index is 13.0. The number of rotatable bonds is 8. The zero-order chi connectivity index (χ0) is 25.0. The van der Waals surface area contributed by atoms with Crippen LogP contribution in [0.2, 0.25) is 0 Å². The van der Waals surface area contributed by atoms with E-state index in [-0.39, 0.29) is 18.2 Å². The molecule has 9 nitrogen and oxygen atoms in total. The fraction of sp³-hybridized carbons (Fsp3) is 0.500. The second-order valence-corrected chi connectivity index (χ2v) is 9.85. The Bertz CT molecular complexity index is 1270. The molecule has 1 aliphatic heterocycles. The highest BCUT2D eigenvalue weighted by molar-refractivity contribution is 5.91. The van der Waals surface area contributed by atoms with Gasteiger partial charge in [-0.2, -0.15) is 13.2 Å². The lowest BCUT2D eigenvalue weighted by molar-refractivity contribution is -0.149. The number of halogens is 3. The molecule has 3 heterocycles. The number of nitrogens with zero attached hydrogens (tertiary/aromatic N) is 3. The Balaban J connectivity index is 1.25. The number of amides is 3. The summed E-state index contributed by atoms with van der Waals surface area (Å²) in [4.78, 5) is 34.5. The van der Waals surface area contributed by atoms with E-state index in [9.17, 15) is 22.8 Å². The summed E-state index contributed by atoms with van der Waals surface area (Å²) in [6.45, 7) is -0.445. The van der Waals surface area contributed by atoms with Crippen LogP contribution < -0.4 is 10.6 Å². The number of nitrogens with one attached hydrogen (secondary N) is 2. The van der Waals surface area contributed by atoms with E-state index < -0.39 is 36.7 Å². The van der Waals surface area contributed by atoms with Crippen LogP contribution in [0, 0.1) is 17.8 Å². The van der Waals surface area contributed by atoms with Gasteiger partial charge in [-0.3, -0.25) is 4.79 Å². The Labute approximate surface area is 203 Å². The second-order valence-electron chi connectivity index (χ2n) is 9.85. The zero-order valence-corrected chi connectivity index (χ0v) is 19.1. The monoisotopic (exact) mass is 503 g/mol. The molecule has 2 saturated carbocycles. The Morgan fingerprint density at radius 3 is 2.58 bits per heavy atom. The van der Waals surface area contributed by atoms with Crippen molar-refractivity contribution in [3.8, 4) is 0 Å². The molecule has 1 aromatic carbocycles. The van der Waals surface area contributed by atoms with Crippen LogP contribution in [0.4, 0.5) is 18.0 Å². The molecule has 0 radical (unpaired) electrons. The molecule has 2 aromatic heterocycles.